The van der Waals surface area contributed by atoms with Gasteiger partial charge in [-0.05, 0) is 54.6 Å². The first-order valence-corrected chi connectivity index (χ1v) is 12.9. The molecule has 7 nitrogen and oxygen atoms in total. The number of hydrogen-bond donors (Lipinski definition) is 0. The molecule has 190 valence electrons. The van der Waals surface area contributed by atoms with E-state index in [-0.39, 0.29) is 24.4 Å². The molecule has 36 heavy (non-hydrogen) atoms. The molecular formula is C28H32N2O5S. The minimum absolute atomic E-state index is 0.0226. The van der Waals surface area contributed by atoms with Gasteiger partial charge in [0.1, 0.15) is 24.7 Å². The summed E-state index contributed by atoms with van der Waals surface area (Å²) in [5, 5.41) is 2.06. The van der Waals surface area contributed by atoms with Crippen LogP contribution in [0, 0.1) is 6.92 Å². The van der Waals surface area contributed by atoms with Crippen LogP contribution in [0.2, 0.25) is 0 Å². The highest BCUT2D eigenvalue weighted by molar-refractivity contribution is 7.10. The molecular weight excluding hydrogens is 476 g/mol. The maximum atomic E-state index is 13.6. The maximum Gasteiger partial charge on any atom is 0.254 e. The van der Waals surface area contributed by atoms with E-state index in [9.17, 15) is 9.59 Å². The third-order valence-corrected chi connectivity index (χ3v) is 7.34. The summed E-state index contributed by atoms with van der Waals surface area (Å²) in [6.45, 7) is 3.52. The fourth-order valence-corrected chi connectivity index (χ4v) is 5.26. The van der Waals surface area contributed by atoms with Gasteiger partial charge in [0.15, 0.2) is 0 Å². The second-order valence-corrected chi connectivity index (χ2v) is 9.73. The number of methoxy groups -OCH3 is 2. The molecule has 0 saturated carbocycles. The van der Waals surface area contributed by atoms with Crippen LogP contribution >= 0.6 is 11.3 Å². The lowest BCUT2D eigenvalue weighted by molar-refractivity contribution is -0.135. The SMILES string of the molecule is COCCN(CC(=O)N1CCc2sccc2[C@@H]1COc1cccc(OC)c1)C(=O)c1ccc(C)cc1. The number of carbonyl (C=O) groups is 2. The molecule has 8 heteroatoms. The quantitative estimate of drug-likeness (QED) is 0.407. The average Bonchev–Trinajstić information content (AvgIpc) is 3.39. The van der Waals surface area contributed by atoms with Crippen molar-refractivity contribution in [1.29, 1.82) is 0 Å². The molecule has 2 aromatic carbocycles. The van der Waals surface area contributed by atoms with Crippen LogP contribution in [-0.4, -0.2) is 68.7 Å². The molecule has 2 heterocycles. The first-order chi connectivity index (χ1) is 17.5. The lowest BCUT2D eigenvalue weighted by Crippen LogP contribution is -2.48. The Hall–Kier alpha value is -3.36. The van der Waals surface area contributed by atoms with Gasteiger partial charge in [0.05, 0.1) is 19.8 Å². The van der Waals surface area contributed by atoms with E-state index in [2.05, 4.69) is 11.4 Å². The van der Waals surface area contributed by atoms with Gasteiger partial charge < -0.3 is 24.0 Å². The number of amides is 2. The van der Waals surface area contributed by atoms with Crippen molar-refractivity contribution in [2.75, 3.05) is 47.1 Å². The maximum absolute atomic E-state index is 13.6. The Morgan fingerprint density at radius 1 is 1.08 bits per heavy atom. The highest BCUT2D eigenvalue weighted by Gasteiger charge is 2.33. The Labute approximate surface area is 216 Å². The van der Waals surface area contributed by atoms with Crippen molar-refractivity contribution in [3.63, 3.8) is 0 Å². The molecule has 0 unspecified atom stereocenters. The van der Waals surface area contributed by atoms with E-state index in [1.165, 1.54) is 4.88 Å². The zero-order chi connectivity index (χ0) is 25.5. The van der Waals surface area contributed by atoms with E-state index < -0.39 is 0 Å². The molecule has 0 saturated heterocycles. The van der Waals surface area contributed by atoms with Gasteiger partial charge in [-0.1, -0.05) is 23.8 Å². The molecule has 0 aliphatic carbocycles. The molecule has 0 fully saturated rings. The number of aryl methyl sites for hydroxylation is 1. The van der Waals surface area contributed by atoms with Crippen LogP contribution < -0.4 is 9.47 Å². The molecule has 1 aliphatic heterocycles. The first-order valence-electron chi connectivity index (χ1n) is 12.0. The molecule has 0 spiro atoms. The van der Waals surface area contributed by atoms with Crippen LogP contribution in [0.25, 0.3) is 0 Å². The van der Waals surface area contributed by atoms with Crippen molar-refractivity contribution in [3.8, 4) is 11.5 Å². The van der Waals surface area contributed by atoms with E-state index in [1.54, 1.807) is 42.6 Å². The van der Waals surface area contributed by atoms with Crippen LogP contribution in [0.5, 0.6) is 11.5 Å². The van der Waals surface area contributed by atoms with Crippen molar-refractivity contribution >= 4 is 23.2 Å². The predicted molar refractivity (Wildman–Crippen MR) is 140 cm³/mol. The summed E-state index contributed by atoms with van der Waals surface area (Å²) in [6.07, 6.45) is 0.790. The van der Waals surface area contributed by atoms with Crippen molar-refractivity contribution in [2.24, 2.45) is 0 Å². The van der Waals surface area contributed by atoms with Crippen molar-refractivity contribution in [2.45, 2.75) is 19.4 Å². The number of hydrogen-bond acceptors (Lipinski definition) is 6. The number of carbonyl (C=O) groups excluding carboxylic acids is 2. The van der Waals surface area contributed by atoms with Crippen LogP contribution in [0.4, 0.5) is 0 Å². The second kappa shape index (κ2) is 12.1. The molecule has 2 amide bonds. The smallest absolute Gasteiger partial charge is 0.254 e. The van der Waals surface area contributed by atoms with E-state index in [4.69, 9.17) is 14.2 Å². The van der Waals surface area contributed by atoms with Gasteiger partial charge in [-0.25, -0.2) is 0 Å². The number of nitrogens with zero attached hydrogens (tertiary/aromatic N) is 2. The Kier molecular flexibility index (Phi) is 8.61. The lowest BCUT2D eigenvalue weighted by atomic mass is 10.0. The third kappa shape index (κ3) is 6.06. The van der Waals surface area contributed by atoms with Crippen molar-refractivity contribution in [1.82, 2.24) is 9.80 Å². The van der Waals surface area contributed by atoms with E-state index in [0.29, 0.717) is 43.4 Å². The largest absolute Gasteiger partial charge is 0.497 e. The van der Waals surface area contributed by atoms with Gasteiger partial charge in [0.2, 0.25) is 5.91 Å². The average molecular weight is 509 g/mol. The standard InChI is InChI=1S/C28H32N2O5S/c1-20-7-9-21(10-8-20)28(32)29(14-15-33-2)18-27(31)30-13-11-26-24(12-16-36-26)25(30)19-35-23-6-4-5-22(17-23)34-3/h4-10,12,16-17,25H,11,13-15,18-19H2,1-3H3/t25-/m0/s1. The van der Waals surface area contributed by atoms with Crippen LogP contribution in [0.15, 0.2) is 60.0 Å². The molecule has 0 bridgehead atoms. The normalized spacial score (nSPS) is 14.8. The minimum Gasteiger partial charge on any atom is -0.497 e. The van der Waals surface area contributed by atoms with Crippen molar-refractivity contribution in [3.05, 3.63) is 81.5 Å². The van der Waals surface area contributed by atoms with Gasteiger partial charge in [-0.2, -0.15) is 0 Å². The molecule has 1 aromatic heterocycles. The number of ether oxygens (including phenoxy) is 3. The predicted octanol–water partition coefficient (Wildman–Crippen LogP) is 4.36. The van der Waals surface area contributed by atoms with Gasteiger partial charge in [0.25, 0.3) is 5.91 Å². The molecule has 0 N–H and O–H groups in total. The van der Waals surface area contributed by atoms with Gasteiger partial charge in [-0.15, -0.1) is 11.3 Å². The summed E-state index contributed by atoms with van der Waals surface area (Å²) in [5.41, 5.74) is 2.74. The summed E-state index contributed by atoms with van der Waals surface area (Å²) in [4.78, 5) is 31.6. The Bertz CT molecular complexity index is 1180. The Balaban J connectivity index is 1.52. The Morgan fingerprint density at radius 2 is 1.86 bits per heavy atom. The van der Waals surface area contributed by atoms with Gasteiger partial charge >= 0.3 is 0 Å². The van der Waals surface area contributed by atoms with Gasteiger partial charge in [0, 0.05) is 36.7 Å². The van der Waals surface area contributed by atoms with Crippen molar-refractivity contribution < 1.29 is 23.8 Å². The number of benzene rings is 2. The Morgan fingerprint density at radius 3 is 2.61 bits per heavy atom. The summed E-state index contributed by atoms with van der Waals surface area (Å²) < 4.78 is 16.6. The monoisotopic (exact) mass is 508 g/mol. The number of thiophene rings is 1. The van der Waals surface area contributed by atoms with Crippen LogP contribution in [0.3, 0.4) is 0 Å². The topological polar surface area (TPSA) is 68.3 Å². The fraction of sp³-hybridized carbons (Fsp3) is 0.357. The summed E-state index contributed by atoms with van der Waals surface area (Å²) in [5.74, 6) is 1.10. The van der Waals surface area contributed by atoms with E-state index in [1.807, 2.05) is 48.2 Å². The van der Waals surface area contributed by atoms with Crippen LogP contribution in [-0.2, 0) is 16.0 Å². The highest BCUT2D eigenvalue weighted by Crippen LogP contribution is 2.34. The first kappa shape index (κ1) is 25.7. The highest BCUT2D eigenvalue weighted by atomic mass is 32.1. The molecule has 0 radical (unpaired) electrons. The van der Waals surface area contributed by atoms with Gasteiger partial charge in [-0.3, -0.25) is 9.59 Å². The number of rotatable bonds is 10. The second-order valence-electron chi connectivity index (χ2n) is 8.73. The molecule has 3 aromatic rings. The van der Waals surface area contributed by atoms with Crippen LogP contribution in [0.1, 0.15) is 32.4 Å². The third-order valence-electron chi connectivity index (χ3n) is 6.34. The zero-order valence-corrected chi connectivity index (χ0v) is 21.8. The summed E-state index contributed by atoms with van der Waals surface area (Å²) in [6, 6.07) is 16.7. The number of fused-ring (bicyclic) bond motifs is 1. The minimum atomic E-state index is -0.238. The molecule has 1 aliphatic rings. The summed E-state index contributed by atoms with van der Waals surface area (Å²) >= 11 is 1.70. The molecule has 4 rings (SSSR count). The van der Waals surface area contributed by atoms with E-state index >= 15 is 0 Å². The fourth-order valence-electron chi connectivity index (χ4n) is 4.33. The lowest BCUT2D eigenvalue weighted by Gasteiger charge is -2.37. The zero-order valence-electron chi connectivity index (χ0n) is 20.9. The molecule has 1 atom stereocenters. The van der Waals surface area contributed by atoms with E-state index in [0.717, 1.165) is 17.5 Å². The summed E-state index contributed by atoms with van der Waals surface area (Å²) in [7, 11) is 3.20.